The van der Waals surface area contributed by atoms with Gasteiger partial charge in [-0.05, 0) is 39.3 Å². The van der Waals surface area contributed by atoms with Gasteiger partial charge in [0, 0.05) is 28.9 Å². The Morgan fingerprint density at radius 3 is 2.63 bits per heavy atom. The maximum atomic E-state index is 11.7. The van der Waals surface area contributed by atoms with Crippen molar-refractivity contribution in [1.29, 1.82) is 0 Å². The van der Waals surface area contributed by atoms with Crippen LogP contribution in [0.1, 0.15) is 35.2 Å². The summed E-state index contributed by atoms with van der Waals surface area (Å²) in [5, 5.41) is 6.14. The first-order chi connectivity index (χ1) is 8.93. The standard InChI is InChI=1S/C14H24N2O2S/c1-9(8-18-5)16-14(17)7-15-11(3)13-6-10(2)19-12(13)4/h6,9,11,15H,7-8H2,1-5H3,(H,16,17). The molecule has 0 fully saturated rings. The summed E-state index contributed by atoms with van der Waals surface area (Å²) in [6.45, 7) is 9.09. The van der Waals surface area contributed by atoms with E-state index in [2.05, 4.69) is 37.5 Å². The molecule has 0 aromatic carbocycles. The van der Waals surface area contributed by atoms with Crippen molar-refractivity contribution in [3.63, 3.8) is 0 Å². The summed E-state index contributed by atoms with van der Waals surface area (Å²) in [6, 6.07) is 2.41. The summed E-state index contributed by atoms with van der Waals surface area (Å²) in [6.07, 6.45) is 0. The van der Waals surface area contributed by atoms with E-state index in [0.29, 0.717) is 13.2 Å². The third kappa shape index (κ3) is 5.30. The quantitative estimate of drug-likeness (QED) is 0.807. The molecule has 0 radical (unpaired) electrons. The van der Waals surface area contributed by atoms with Crippen molar-refractivity contribution in [3.8, 4) is 0 Å². The fourth-order valence-corrected chi connectivity index (χ4v) is 3.08. The number of aryl methyl sites for hydroxylation is 2. The lowest BCUT2D eigenvalue weighted by Crippen LogP contribution is -2.41. The molecule has 19 heavy (non-hydrogen) atoms. The molecule has 0 aliphatic carbocycles. The number of methoxy groups -OCH3 is 1. The Morgan fingerprint density at radius 2 is 2.11 bits per heavy atom. The molecule has 1 aromatic rings. The van der Waals surface area contributed by atoms with Gasteiger partial charge in [0.05, 0.1) is 13.2 Å². The minimum Gasteiger partial charge on any atom is -0.383 e. The molecule has 4 nitrogen and oxygen atoms in total. The average Bonchev–Trinajstić information content (AvgIpc) is 2.65. The highest BCUT2D eigenvalue weighted by atomic mass is 32.1. The fraction of sp³-hybridized carbons (Fsp3) is 0.643. The second kappa shape index (κ2) is 7.62. The maximum Gasteiger partial charge on any atom is 0.234 e. The van der Waals surface area contributed by atoms with Crippen LogP contribution in [0.3, 0.4) is 0 Å². The minimum atomic E-state index is 0.000930. The van der Waals surface area contributed by atoms with Crippen molar-refractivity contribution in [2.75, 3.05) is 20.3 Å². The first-order valence-electron chi connectivity index (χ1n) is 6.52. The van der Waals surface area contributed by atoms with Crippen LogP contribution in [-0.2, 0) is 9.53 Å². The molecule has 1 heterocycles. The molecule has 1 aromatic heterocycles. The summed E-state index contributed by atoms with van der Waals surface area (Å²) in [5.41, 5.74) is 1.28. The van der Waals surface area contributed by atoms with E-state index in [0.717, 1.165) is 0 Å². The largest absolute Gasteiger partial charge is 0.383 e. The first kappa shape index (κ1) is 16.1. The Balaban J connectivity index is 2.40. The normalized spacial score (nSPS) is 14.2. The predicted octanol–water partition coefficient (Wildman–Crippen LogP) is 2.17. The zero-order chi connectivity index (χ0) is 14.4. The van der Waals surface area contributed by atoms with Gasteiger partial charge in [-0.15, -0.1) is 11.3 Å². The zero-order valence-electron chi connectivity index (χ0n) is 12.4. The zero-order valence-corrected chi connectivity index (χ0v) is 13.2. The highest BCUT2D eigenvalue weighted by Gasteiger charge is 2.13. The number of nitrogens with one attached hydrogen (secondary N) is 2. The van der Waals surface area contributed by atoms with Crippen LogP contribution in [-0.4, -0.2) is 32.2 Å². The third-order valence-corrected chi connectivity index (χ3v) is 3.92. The summed E-state index contributed by atoms with van der Waals surface area (Å²) in [7, 11) is 1.63. The number of carbonyl (C=O) groups is 1. The molecule has 0 bridgehead atoms. The Labute approximate surface area is 119 Å². The molecular formula is C14H24N2O2S. The van der Waals surface area contributed by atoms with E-state index in [1.165, 1.54) is 15.3 Å². The summed E-state index contributed by atoms with van der Waals surface area (Å²) < 4.78 is 4.98. The summed E-state index contributed by atoms with van der Waals surface area (Å²) in [4.78, 5) is 14.3. The number of rotatable bonds is 7. The monoisotopic (exact) mass is 284 g/mol. The third-order valence-electron chi connectivity index (χ3n) is 2.94. The molecule has 0 aliphatic rings. The highest BCUT2D eigenvalue weighted by Crippen LogP contribution is 2.25. The molecule has 1 amide bonds. The van der Waals surface area contributed by atoms with Gasteiger partial charge >= 0.3 is 0 Å². The molecule has 2 N–H and O–H groups in total. The molecule has 2 atom stereocenters. The Hall–Kier alpha value is -0.910. The smallest absolute Gasteiger partial charge is 0.234 e. The van der Waals surface area contributed by atoms with Crippen LogP contribution in [0.25, 0.3) is 0 Å². The molecule has 0 aliphatic heterocycles. The number of thiophene rings is 1. The van der Waals surface area contributed by atoms with Gasteiger partial charge in [0.1, 0.15) is 0 Å². The highest BCUT2D eigenvalue weighted by molar-refractivity contribution is 7.12. The van der Waals surface area contributed by atoms with Gasteiger partial charge < -0.3 is 15.4 Å². The van der Waals surface area contributed by atoms with Crippen molar-refractivity contribution < 1.29 is 9.53 Å². The van der Waals surface area contributed by atoms with Gasteiger partial charge in [0.15, 0.2) is 0 Å². The van der Waals surface area contributed by atoms with Crippen LogP contribution in [0.4, 0.5) is 0 Å². The topological polar surface area (TPSA) is 50.4 Å². The van der Waals surface area contributed by atoms with Gasteiger partial charge in [0.25, 0.3) is 0 Å². The molecular weight excluding hydrogens is 260 g/mol. The van der Waals surface area contributed by atoms with E-state index < -0.39 is 0 Å². The van der Waals surface area contributed by atoms with Crippen LogP contribution in [0, 0.1) is 13.8 Å². The second-order valence-electron chi connectivity index (χ2n) is 4.90. The molecule has 5 heteroatoms. The predicted molar refractivity (Wildman–Crippen MR) is 79.7 cm³/mol. The van der Waals surface area contributed by atoms with E-state index in [-0.39, 0.29) is 18.0 Å². The van der Waals surface area contributed by atoms with Gasteiger partial charge in [-0.25, -0.2) is 0 Å². The molecule has 108 valence electrons. The molecule has 2 unspecified atom stereocenters. The lowest BCUT2D eigenvalue weighted by Gasteiger charge is -2.16. The van der Waals surface area contributed by atoms with Gasteiger partial charge in [-0.3, -0.25) is 4.79 Å². The van der Waals surface area contributed by atoms with Crippen LogP contribution in [0.5, 0.6) is 0 Å². The van der Waals surface area contributed by atoms with Gasteiger partial charge in [0.2, 0.25) is 5.91 Å². The van der Waals surface area contributed by atoms with Gasteiger partial charge in [-0.1, -0.05) is 0 Å². The van der Waals surface area contributed by atoms with Crippen molar-refractivity contribution >= 4 is 17.2 Å². The lowest BCUT2D eigenvalue weighted by molar-refractivity contribution is -0.121. The Bertz CT molecular complexity index is 418. The summed E-state index contributed by atoms with van der Waals surface area (Å²) >= 11 is 1.79. The number of carbonyl (C=O) groups excluding carboxylic acids is 1. The van der Waals surface area contributed by atoms with Crippen LogP contribution < -0.4 is 10.6 Å². The minimum absolute atomic E-state index is 0.000930. The number of hydrogen-bond acceptors (Lipinski definition) is 4. The van der Waals surface area contributed by atoms with Crippen LogP contribution in [0.2, 0.25) is 0 Å². The van der Waals surface area contributed by atoms with Crippen molar-refractivity contribution in [2.24, 2.45) is 0 Å². The fourth-order valence-electron chi connectivity index (χ4n) is 2.05. The van der Waals surface area contributed by atoms with Crippen molar-refractivity contribution in [1.82, 2.24) is 10.6 Å². The molecule has 0 saturated heterocycles. The van der Waals surface area contributed by atoms with E-state index >= 15 is 0 Å². The van der Waals surface area contributed by atoms with Gasteiger partial charge in [-0.2, -0.15) is 0 Å². The van der Waals surface area contributed by atoms with Crippen LogP contribution in [0.15, 0.2) is 6.07 Å². The second-order valence-corrected chi connectivity index (χ2v) is 6.36. The number of ether oxygens (including phenoxy) is 1. The van der Waals surface area contributed by atoms with E-state index in [9.17, 15) is 4.79 Å². The van der Waals surface area contributed by atoms with E-state index in [1.807, 2.05) is 6.92 Å². The Morgan fingerprint density at radius 1 is 1.42 bits per heavy atom. The average molecular weight is 284 g/mol. The van der Waals surface area contributed by atoms with Crippen molar-refractivity contribution in [2.45, 2.75) is 39.8 Å². The number of hydrogen-bond donors (Lipinski definition) is 2. The van der Waals surface area contributed by atoms with Crippen LogP contribution >= 0.6 is 11.3 Å². The summed E-state index contributed by atoms with van der Waals surface area (Å²) in [5.74, 6) is 0.000930. The molecule has 1 rings (SSSR count). The maximum absolute atomic E-state index is 11.7. The van der Waals surface area contributed by atoms with Crippen molar-refractivity contribution in [3.05, 3.63) is 21.4 Å². The first-order valence-corrected chi connectivity index (χ1v) is 7.34. The molecule has 0 spiro atoms. The molecule has 0 saturated carbocycles. The lowest BCUT2D eigenvalue weighted by atomic mass is 10.1. The Kier molecular flexibility index (Phi) is 6.48. The number of amides is 1. The SMILES string of the molecule is COCC(C)NC(=O)CNC(C)c1cc(C)sc1C. The van der Waals surface area contributed by atoms with E-state index in [1.54, 1.807) is 18.4 Å². The van der Waals surface area contributed by atoms with E-state index in [4.69, 9.17) is 4.74 Å².